The fourth-order valence-electron chi connectivity index (χ4n) is 2.29. The average molecular weight is 264 g/mol. The van der Waals surface area contributed by atoms with Gasteiger partial charge in [-0.3, -0.25) is 0 Å². The first-order valence-electron chi connectivity index (χ1n) is 5.76. The van der Waals surface area contributed by atoms with Crippen LogP contribution >= 0.6 is 11.8 Å². The molecule has 0 aliphatic rings. The minimum absolute atomic E-state index is 0.227. The van der Waals surface area contributed by atoms with Crippen LogP contribution in [0.15, 0.2) is 18.2 Å². The molecule has 1 heterocycles. The van der Waals surface area contributed by atoms with E-state index in [4.69, 9.17) is 0 Å². The summed E-state index contributed by atoms with van der Waals surface area (Å²) in [6.45, 7) is 4.01. The Kier molecular flexibility index (Phi) is 3.61. The molecule has 0 saturated heterocycles. The number of aryl methyl sites for hydroxylation is 1. The van der Waals surface area contributed by atoms with E-state index >= 15 is 0 Å². The highest BCUT2D eigenvalue weighted by molar-refractivity contribution is 7.98. The van der Waals surface area contributed by atoms with Crippen molar-refractivity contribution in [2.24, 2.45) is 0 Å². The first-order valence-corrected chi connectivity index (χ1v) is 7.15. The molecule has 0 saturated carbocycles. The largest absolute Gasteiger partial charge is 0.478 e. The molecule has 2 aromatic rings. The van der Waals surface area contributed by atoms with Crippen LogP contribution in [-0.4, -0.2) is 32.6 Å². The number of imidazole rings is 1. The second-order valence-electron chi connectivity index (χ2n) is 4.31. The predicted octanol–water partition coefficient (Wildman–Crippen LogP) is 2.97. The first-order chi connectivity index (χ1) is 8.56. The molecule has 0 bridgehead atoms. The average Bonchev–Trinajstić information content (AvgIpc) is 2.64. The van der Waals surface area contributed by atoms with Crippen molar-refractivity contribution in [3.05, 3.63) is 29.6 Å². The summed E-state index contributed by atoms with van der Waals surface area (Å²) < 4.78 is 2.02. The van der Waals surface area contributed by atoms with Crippen LogP contribution in [0.5, 0.6) is 0 Å². The van der Waals surface area contributed by atoms with Gasteiger partial charge in [-0.1, -0.05) is 6.07 Å². The van der Waals surface area contributed by atoms with Crippen molar-refractivity contribution >= 4 is 28.8 Å². The third kappa shape index (κ3) is 2.10. The topological polar surface area (TPSA) is 55.1 Å². The zero-order valence-corrected chi connectivity index (χ0v) is 11.5. The van der Waals surface area contributed by atoms with Crippen LogP contribution in [0, 0.1) is 6.92 Å². The molecule has 1 unspecified atom stereocenters. The van der Waals surface area contributed by atoms with Crippen molar-refractivity contribution in [1.82, 2.24) is 9.55 Å². The summed E-state index contributed by atoms with van der Waals surface area (Å²) in [6, 6.07) is 5.46. The van der Waals surface area contributed by atoms with Crippen molar-refractivity contribution in [3.63, 3.8) is 0 Å². The summed E-state index contributed by atoms with van der Waals surface area (Å²) >= 11 is 1.74. The Hall–Kier alpha value is -1.49. The molecule has 1 aromatic carbocycles. The van der Waals surface area contributed by atoms with Gasteiger partial charge in [0.1, 0.15) is 5.82 Å². The fraction of sp³-hybridized carbons (Fsp3) is 0.385. The van der Waals surface area contributed by atoms with E-state index in [-0.39, 0.29) is 6.04 Å². The summed E-state index contributed by atoms with van der Waals surface area (Å²) in [6.07, 6.45) is 2.04. The van der Waals surface area contributed by atoms with Crippen LogP contribution in [-0.2, 0) is 0 Å². The lowest BCUT2D eigenvalue weighted by Gasteiger charge is -2.16. The Morgan fingerprint density at radius 2 is 2.28 bits per heavy atom. The van der Waals surface area contributed by atoms with E-state index in [1.165, 1.54) is 0 Å². The number of nitrogens with zero attached hydrogens (tertiary/aromatic N) is 2. The van der Waals surface area contributed by atoms with Gasteiger partial charge in [-0.05, 0) is 32.2 Å². The van der Waals surface area contributed by atoms with Gasteiger partial charge in [0, 0.05) is 11.8 Å². The lowest BCUT2D eigenvalue weighted by molar-refractivity contribution is 0.0698. The number of aromatic carboxylic acids is 1. The van der Waals surface area contributed by atoms with Crippen LogP contribution in [0.1, 0.15) is 29.1 Å². The SMILES string of the molecule is CSCC(C)n1c(C)nc2cccc(C(=O)O)c21. The van der Waals surface area contributed by atoms with Crippen molar-refractivity contribution in [3.8, 4) is 0 Å². The number of para-hydroxylation sites is 1. The molecule has 0 fully saturated rings. The van der Waals surface area contributed by atoms with Crippen LogP contribution in [0.25, 0.3) is 11.0 Å². The van der Waals surface area contributed by atoms with Crippen LogP contribution in [0.2, 0.25) is 0 Å². The summed E-state index contributed by atoms with van der Waals surface area (Å²) in [7, 11) is 0. The molecule has 4 nitrogen and oxygen atoms in total. The molecule has 2 rings (SSSR count). The molecule has 0 aliphatic heterocycles. The van der Waals surface area contributed by atoms with Gasteiger partial charge in [0.2, 0.25) is 0 Å². The molecule has 0 spiro atoms. The maximum atomic E-state index is 11.3. The lowest BCUT2D eigenvalue weighted by atomic mass is 10.1. The van der Waals surface area contributed by atoms with Gasteiger partial charge < -0.3 is 9.67 Å². The Bertz CT molecular complexity index is 592. The van der Waals surface area contributed by atoms with Crippen molar-refractivity contribution in [2.75, 3.05) is 12.0 Å². The number of carboxylic acids is 1. The monoisotopic (exact) mass is 264 g/mol. The molecule has 5 heteroatoms. The number of hydrogen-bond donors (Lipinski definition) is 1. The van der Waals surface area contributed by atoms with Gasteiger partial charge in [-0.15, -0.1) is 0 Å². The Morgan fingerprint density at radius 3 is 2.89 bits per heavy atom. The second-order valence-corrected chi connectivity index (χ2v) is 5.22. The van der Waals surface area contributed by atoms with E-state index in [9.17, 15) is 9.90 Å². The smallest absolute Gasteiger partial charge is 0.337 e. The van der Waals surface area contributed by atoms with E-state index in [2.05, 4.69) is 11.9 Å². The third-order valence-corrected chi connectivity index (χ3v) is 3.78. The van der Waals surface area contributed by atoms with Crippen molar-refractivity contribution in [2.45, 2.75) is 19.9 Å². The van der Waals surface area contributed by atoms with E-state index < -0.39 is 5.97 Å². The van der Waals surface area contributed by atoms with Crippen LogP contribution in [0.4, 0.5) is 0 Å². The van der Waals surface area contributed by atoms with Crippen molar-refractivity contribution < 1.29 is 9.90 Å². The number of rotatable bonds is 4. The van der Waals surface area contributed by atoms with Gasteiger partial charge in [0.15, 0.2) is 0 Å². The molecular formula is C13H16N2O2S. The van der Waals surface area contributed by atoms with Crippen LogP contribution in [0.3, 0.4) is 0 Å². The maximum absolute atomic E-state index is 11.3. The molecule has 1 aromatic heterocycles. The third-order valence-electron chi connectivity index (χ3n) is 2.97. The highest BCUT2D eigenvalue weighted by Gasteiger charge is 2.18. The summed E-state index contributed by atoms with van der Waals surface area (Å²) in [4.78, 5) is 15.8. The first kappa shape index (κ1) is 13.0. The standard InChI is InChI=1S/C13H16N2O2S/c1-8(7-18-3)15-9(2)14-11-6-4-5-10(12(11)15)13(16)17/h4-6,8H,7H2,1-3H3,(H,16,17). The Morgan fingerprint density at radius 1 is 1.56 bits per heavy atom. The number of carboxylic acid groups (broad SMARTS) is 1. The Balaban J connectivity index is 2.71. The number of hydrogen-bond acceptors (Lipinski definition) is 3. The zero-order chi connectivity index (χ0) is 13.3. The van der Waals surface area contributed by atoms with Gasteiger partial charge in [0.25, 0.3) is 0 Å². The molecule has 0 radical (unpaired) electrons. The van der Waals surface area contributed by atoms with E-state index in [0.717, 1.165) is 22.6 Å². The summed E-state index contributed by atoms with van der Waals surface area (Å²) in [5.74, 6) is 0.888. The van der Waals surface area contributed by atoms with Gasteiger partial charge in [-0.25, -0.2) is 9.78 Å². The molecular weight excluding hydrogens is 248 g/mol. The second kappa shape index (κ2) is 5.02. The highest BCUT2D eigenvalue weighted by atomic mass is 32.2. The summed E-state index contributed by atoms with van der Waals surface area (Å²) in [5.41, 5.74) is 1.80. The molecule has 96 valence electrons. The van der Waals surface area contributed by atoms with Crippen LogP contribution < -0.4 is 0 Å². The van der Waals surface area contributed by atoms with E-state index in [1.54, 1.807) is 23.9 Å². The molecule has 1 N–H and O–H groups in total. The highest BCUT2D eigenvalue weighted by Crippen LogP contribution is 2.25. The normalized spacial score (nSPS) is 12.8. The van der Waals surface area contributed by atoms with Gasteiger partial charge in [-0.2, -0.15) is 11.8 Å². The molecule has 1 atom stereocenters. The number of carbonyl (C=O) groups is 1. The predicted molar refractivity (Wildman–Crippen MR) is 74.5 cm³/mol. The molecule has 0 aliphatic carbocycles. The van der Waals surface area contributed by atoms with E-state index in [0.29, 0.717) is 5.56 Å². The summed E-state index contributed by atoms with van der Waals surface area (Å²) in [5, 5.41) is 9.28. The quantitative estimate of drug-likeness (QED) is 0.922. The van der Waals surface area contributed by atoms with Gasteiger partial charge >= 0.3 is 5.97 Å². The van der Waals surface area contributed by atoms with Crippen molar-refractivity contribution in [1.29, 1.82) is 0 Å². The zero-order valence-electron chi connectivity index (χ0n) is 10.7. The Labute approximate surface area is 110 Å². The number of fused-ring (bicyclic) bond motifs is 1. The molecule has 0 amide bonds. The fourth-order valence-corrected chi connectivity index (χ4v) is 2.92. The van der Waals surface area contributed by atoms with E-state index in [1.807, 2.05) is 23.8 Å². The maximum Gasteiger partial charge on any atom is 0.337 e. The lowest BCUT2D eigenvalue weighted by Crippen LogP contribution is -2.11. The molecule has 18 heavy (non-hydrogen) atoms. The number of aromatic nitrogens is 2. The van der Waals surface area contributed by atoms with Gasteiger partial charge in [0.05, 0.1) is 16.6 Å². The number of thioether (sulfide) groups is 1. The minimum atomic E-state index is -0.905. The minimum Gasteiger partial charge on any atom is -0.478 e. The number of benzene rings is 1.